The largest absolute Gasteiger partial charge is 0.606 e. The average molecular weight is 488 g/mol. The van der Waals surface area contributed by atoms with Crippen molar-refractivity contribution in [2.45, 2.75) is 22.9 Å². The van der Waals surface area contributed by atoms with Crippen LogP contribution in [-0.4, -0.2) is 9.67 Å². The van der Waals surface area contributed by atoms with Crippen molar-refractivity contribution in [3.8, 4) is 0 Å². The van der Waals surface area contributed by atoms with E-state index in [4.69, 9.17) is 0 Å². The van der Waals surface area contributed by atoms with Crippen LogP contribution in [0.25, 0.3) is 0 Å². The van der Waals surface area contributed by atoms with Crippen LogP contribution in [0.2, 0.25) is 0 Å². The Morgan fingerprint density at radius 2 is 1.14 bits per heavy atom. The van der Waals surface area contributed by atoms with Crippen molar-refractivity contribution >= 4 is 39.6 Å². The molecule has 0 saturated carbocycles. The maximum atomic E-state index is 15.1. The second-order valence-electron chi connectivity index (χ2n) is 9.10. The molecule has 1 spiro atoms. The first-order valence-electron chi connectivity index (χ1n) is 12.3. The molecule has 4 aromatic carbocycles. The Hall–Kier alpha value is -3.93. The van der Waals surface area contributed by atoms with Crippen LogP contribution in [0.5, 0.6) is 0 Å². The van der Waals surface area contributed by atoms with Crippen molar-refractivity contribution in [3.63, 3.8) is 0 Å². The first-order valence-corrected chi connectivity index (χ1v) is 13.4. The summed E-state index contributed by atoms with van der Waals surface area (Å²) in [6.45, 7) is 0. The van der Waals surface area contributed by atoms with Crippen molar-refractivity contribution in [1.29, 1.82) is 0 Å². The number of rotatable bonds is 3. The number of allylic oxidation sites excluding steroid dienone is 4. The maximum Gasteiger partial charge on any atom is 0.380 e. The van der Waals surface area contributed by atoms with Gasteiger partial charge in [0.1, 0.15) is 5.69 Å². The highest BCUT2D eigenvalue weighted by atomic mass is 32.2. The van der Waals surface area contributed by atoms with Gasteiger partial charge >= 0.3 is 5.12 Å². The molecule has 36 heavy (non-hydrogen) atoms. The van der Waals surface area contributed by atoms with Crippen molar-refractivity contribution in [3.05, 3.63) is 133 Å². The van der Waals surface area contributed by atoms with Crippen LogP contribution in [0.4, 0.5) is 28.4 Å². The van der Waals surface area contributed by atoms with Gasteiger partial charge < -0.3 is 4.55 Å². The summed E-state index contributed by atoms with van der Waals surface area (Å²) in [7, 11) is 0. The SMILES string of the molecule is [O-][S+]1c2ccccc2N(c2ccccc2)C12N(C1=CC=CCC1)c1ccccc1N2c1ccccc1. The standard InChI is InChI=1S/C31H25N3OS/c35-36-30-23-13-12-22-29(30)34(26-18-8-3-9-19-26)31(36)32(24-14-4-1-5-15-24)27-20-10-11-21-28(27)33(31)25-16-6-2-7-17-25/h1-6,8-16,18-23H,7,17H2. The Kier molecular flexibility index (Phi) is 4.94. The van der Waals surface area contributed by atoms with Gasteiger partial charge in [-0.15, -0.1) is 0 Å². The summed E-state index contributed by atoms with van der Waals surface area (Å²) in [5.74, 6) is 0. The van der Waals surface area contributed by atoms with E-state index < -0.39 is 16.3 Å². The van der Waals surface area contributed by atoms with Gasteiger partial charge in [0.2, 0.25) is 0 Å². The van der Waals surface area contributed by atoms with Crippen LogP contribution < -0.4 is 14.7 Å². The van der Waals surface area contributed by atoms with Crippen LogP contribution in [0.3, 0.4) is 0 Å². The third-order valence-electron chi connectivity index (χ3n) is 7.10. The topological polar surface area (TPSA) is 32.8 Å². The molecule has 2 atom stereocenters. The zero-order valence-electron chi connectivity index (χ0n) is 19.7. The minimum absolute atomic E-state index is 0.840. The van der Waals surface area contributed by atoms with Gasteiger partial charge in [-0.25, -0.2) is 0 Å². The van der Waals surface area contributed by atoms with Crippen LogP contribution in [0, 0.1) is 0 Å². The molecule has 0 fully saturated rings. The maximum absolute atomic E-state index is 15.1. The lowest BCUT2D eigenvalue weighted by molar-refractivity contribution is 0.526. The fourth-order valence-corrected chi connectivity index (χ4v) is 7.66. The normalized spacial score (nSPS) is 22.1. The lowest BCUT2D eigenvalue weighted by Crippen LogP contribution is -2.67. The monoisotopic (exact) mass is 487 g/mol. The molecule has 4 nitrogen and oxygen atoms in total. The number of hydrogen-bond donors (Lipinski definition) is 0. The smallest absolute Gasteiger partial charge is 0.380 e. The summed E-state index contributed by atoms with van der Waals surface area (Å²) in [6.07, 6.45) is 8.34. The molecule has 2 aliphatic heterocycles. The number of nitrogens with zero attached hydrogens (tertiary/aromatic N) is 3. The molecule has 0 N–H and O–H groups in total. The van der Waals surface area contributed by atoms with Crippen molar-refractivity contribution in [2.75, 3.05) is 14.7 Å². The highest BCUT2D eigenvalue weighted by molar-refractivity contribution is 7.93. The van der Waals surface area contributed by atoms with Gasteiger partial charge in [-0.1, -0.05) is 72.8 Å². The predicted octanol–water partition coefficient (Wildman–Crippen LogP) is 7.45. The molecule has 5 heteroatoms. The van der Waals surface area contributed by atoms with E-state index in [-0.39, 0.29) is 0 Å². The zero-order chi connectivity index (χ0) is 24.1. The Bertz CT molecular complexity index is 1440. The summed E-state index contributed by atoms with van der Waals surface area (Å²) in [5.41, 5.74) is 6.23. The molecular formula is C31H25N3OS. The molecular weight excluding hydrogens is 462 g/mol. The molecule has 2 unspecified atom stereocenters. The van der Waals surface area contributed by atoms with Crippen molar-refractivity contribution < 1.29 is 4.55 Å². The second kappa shape index (κ2) is 8.33. The highest BCUT2D eigenvalue weighted by Crippen LogP contribution is 2.62. The van der Waals surface area contributed by atoms with Crippen LogP contribution >= 0.6 is 0 Å². The number of fused-ring (bicyclic) bond motifs is 2. The molecule has 7 rings (SSSR count). The van der Waals surface area contributed by atoms with Gasteiger partial charge in [-0.2, -0.15) is 0 Å². The van der Waals surface area contributed by atoms with Gasteiger partial charge in [-0.3, -0.25) is 14.7 Å². The molecule has 3 aliphatic rings. The second-order valence-corrected chi connectivity index (χ2v) is 10.6. The predicted molar refractivity (Wildman–Crippen MR) is 148 cm³/mol. The third-order valence-corrected chi connectivity index (χ3v) is 8.89. The van der Waals surface area contributed by atoms with Crippen LogP contribution in [-0.2, 0) is 11.2 Å². The lowest BCUT2D eigenvalue weighted by Gasteiger charge is -2.47. The van der Waals surface area contributed by atoms with E-state index in [2.05, 4.69) is 112 Å². The van der Waals surface area contributed by atoms with Crippen molar-refractivity contribution in [2.24, 2.45) is 0 Å². The minimum atomic E-state index is -1.44. The Balaban J connectivity index is 1.61. The molecule has 0 bridgehead atoms. The van der Waals surface area contributed by atoms with Gasteiger partial charge in [0.15, 0.2) is 4.90 Å². The summed E-state index contributed by atoms with van der Waals surface area (Å²) in [4.78, 5) is 7.74. The van der Waals surface area contributed by atoms with Gasteiger partial charge in [0.05, 0.1) is 33.9 Å². The number of hydrogen-bond acceptors (Lipinski definition) is 4. The molecule has 1 aliphatic carbocycles. The summed E-state index contributed by atoms with van der Waals surface area (Å²) in [6, 6.07) is 37.3. The molecule has 4 aromatic rings. The van der Waals surface area contributed by atoms with Gasteiger partial charge in [0, 0.05) is 5.70 Å². The Labute approximate surface area is 214 Å². The van der Waals surface area contributed by atoms with Gasteiger partial charge in [-0.05, 0) is 67.4 Å². The van der Waals surface area contributed by atoms with E-state index in [1.807, 2.05) is 30.3 Å². The molecule has 0 saturated heterocycles. The Morgan fingerprint density at radius 3 is 1.75 bits per heavy atom. The highest BCUT2D eigenvalue weighted by Gasteiger charge is 2.70. The molecule has 2 heterocycles. The van der Waals surface area contributed by atoms with Crippen LogP contribution in [0.1, 0.15) is 12.8 Å². The fourth-order valence-electron chi connectivity index (χ4n) is 5.69. The number of para-hydroxylation sites is 5. The zero-order valence-corrected chi connectivity index (χ0v) is 20.5. The molecule has 176 valence electrons. The third kappa shape index (κ3) is 2.87. The van der Waals surface area contributed by atoms with E-state index in [1.54, 1.807) is 0 Å². The van der Waals surface area contributed by atoms with Crippen molar-refractivity contribution in [1.82, 2.24) is 0 Å². The summed E-state index contributed by atoms with van der Waals surface area (Å²) < 4.78 is 15.1. The minimum Gasteiger partial charge on any atom is -0.606 e. The van der Waals surface area contributed by atoms with E-state index >= 15 is 4.55 Å². The average Bonchev–Trinajstić information content (AvgIpc) is 3.39. The lowest BCUT2D eigenvalue weighted by atomic mass is 10.1. The first kappa shape index (κ1) is 21.4. The summed E-state index contributed by atoms with van der Waals surface area (Å²) in [5, 5.41) is -1.05. The fraction of sp³-hybridized carbons (Fsp3) is 0.0968. The summed E-state index contributed by atoms with van der Waals surface area (Å²) >= 11 is -1.44. The van der Waals surface area contributed by atoms with Gasteiger partial charge in [0.25, 0.3) is 0 Å². The first-order chi connectivity index (χ1) is 17.8. The molecule has 0 aromatic heterocycles. The van der Waals surface area contributed by atoms with E-state index in [0.717, 1.165) is 51.9 Å². The van der Waals surface area contributed by atoms with E-state index in [1.165, 1.54) is 0 Å². The Morgan fingerprint density at radius 1 is 0.611 bits per heavy atom. The quantitative estimate of drug-likeness (QED) is 0.281. The van der Waals surface area contributed by atoms with E-state index in [9.17, 15) is 0 Å². The number of anilines is 5. The van der Waals surface area contributed by atoms with Crippen LogP contribution in [0.15, 0.2) is 138 Å². The van der Waals surface area contributed by atoms with E-state index in [0.29, 0.717) is 0 Å². The number of benzene rings is 4. The molecule has 0 amide bonds. The molecule has 0 radical (unpaired) electrons.